The molecule has 0 fully saturated rings. The standard InChI is InChI=1S/C25H34ClN3O4S/c1-5-7-16-27-25(31)23(6-2)28(17-20-10-8-9-11-22(20)26)24(30)18-29(34(4,32)33)21-14-12-19(3)13-15-21/h8-15,23H,5-7,16-18H2,1-4H3,(H,27,31)/t23-/m1/s1. The topological polar surface area (TPSA) is 86.8 Å². The summed E-state index contributed by atoms with van der Waals surface area (Å²) in [7, 11) is -3.75. The van der Waals surface area contributed by atoms with E-state index >= 15 is 0 Å². The molecule has 7 nitrogen and oxygen atoms in total. The largest absolute Gasteiger partial charge is 0.354 e. The summed E-state index contributed by atoms with van der Waals surface area (Å²) in [4.78, 5) is 28.0. The molecule has 0 aromatic heterocycles. The van der Waals surface area contributed by atoms with Crippen LogP contribution in [0, 0.1) is 6.92 Å². The molecule has 2 rings (SSSR count). The van der Waals surface area contributed by atoms with Crippen LogP contribution in [0.2, 0.25) is 5.02 Å². The number of nitrogens with one attached hydrogen (secondary N) is 1. The molecule has 0 spiro atoms. The van der Waals surface area contributed by atoms with Crippen molar-refractivity contribution in [3.8, 4) is 0 Å². The van der Waals surface area contributed by atoms with Gasteiger partial charge in [-0.25, -0.2) is 8.42 Å². The van der Waals surface area contributed by atoms with Crippen molar-refractivity contribution in [2.45, 2.75) is 52.6 Å². The van der Waals surface area contributed by atoms with Gasteiger partial charge in [0.1, 0.15) is 12.6 Å². The van der Waals surface area contributed by atoms with E-state index in [-0.39, 0.29) is 12.5 Å². The molecular formula is C25H34ClN3O4S. The van der Waals surface area contributed by atoms with Crippen molar-refractivity contribution < 1.29 is 18.0 Å². The summed E-state index contributed by atoms with van der Waals surface area (Å²) < 4.78 is 26.2. The quantitative estimate of drug-likeness (QED) is 0.437. The van der Waals surface area contributed by atoms with E-state index < -0.39 is 28.5 Å². The number of rotatable bonds is 12. The lowest BCUT2D eigenvalue weighted by molar-refractivity contribution is -0.140. The number of nitrogens with zero attached hydrogens (tertiary/aromatic N) is 2. The highest BCUT2D eigenvalue weighted by molar-refractivity contribution is 7.92. The number of benzene rings is 2. The van der Waals surface area contributed by atoms with E-state index in [4.69, 9.17) is 11.6 Å². The van der Waals surface area contributed by atoms with Crippen molar-refractivity contribution in [2.24, 2.45) is 0 Å². The van der Waals surface area contributed by atoms with Gasteiger partial charge in [-0.3, -0.25) is 13.9 Å². The van der Waals surface area contributed by atoms with Gasteiger partial charge in [0.2, 0.25) is 21.8 Å². The normalized spacial score (nSPS) is 12.1. The van der Waals surface area contributed by atoms with Gasteiger partial charge in [0.05, 0.1) is 11.9 Å². The molecule has 2 aromatic rings. The summed E-state index contributed by atoms with van der Waals surface area (Å²) in [6, 6.07) is 13.2. The van der Waals surface area contributed by atoms with Gasteiger partial charge in [-0.2, -0.15) is 0 Å². The number of aryl methyl sites for hydroxylation is 1. The van der Waals surface area contributed by atoms with E-state index in [1.54, 1.807) is 48.5 Å². The molecule has 0 aliphatic heterocycles. The lowest BCUT2D eigenvalue weighted by atomic mass is 10.1. The minimum Gasteiger partial charge on any atom is -0.354 e. The Hall–Kier alpha value is -2.58. The van der Waals surface area contributed by atoms with Crippen LogP contribution < -0.4 is 9.62 Å². The molecule has 0 saturated heterocycles. The summed E-state index contributed by atoms with van der Waals surface area (Å²) in [5.41, 5.74) is 2.04. The molecule has 34 heavy (non-hydrogen) atoms. The average Bonchev–Trinajstić information content (AvgIpc) is 2.78. The first-order valence-corrected chi connectivity index (χ1v) is 13.7. The molecule has 9 heteroatoms. The predicted octanol–water partition coefficient (Wildman–Crippen LogP) is 4.14. The third kappa shape index (κ3) is 7.74. The maximum atomic E-state index is 13.6. The zero-order chi connectivity index (χ0) is 25.3. The lowest BCUT2D eigenvalue weighted by Gasteiger charge is -2.33. The monoisotopic (exact) mass is 507 g/mol. The zero-order valence-electron chi connectivity index (χ0n) is 20.3. The Kier molecular flexibility index (Phi) is 10.4. The first-order valence-electron chi connectivity index (χ1n) is 11.4. The Morgan fingerprint density at radius 1 is 1.06 bits per heavy atom. The first kappa shape index (κ1) is 27.7. The van der Waals surface area contributed by atoms with E-state index in [9.17, 15) is 18.0 Å². The van der Waals surface area contributed by atoms with Crippen molar-refractivity contribution in [3.05, 3.63) is 64.7 Å². The summed E-state index contributed by atoms with van der Waals surface area (Å²) in [5.74, 6) is -0.749. The van der Waals surface area contributed by atoms with E-state index in [0.29, 0.717) is 29.2 Å². The maximum absolute atomic E-state index is 13.6. The van der Waals surface area contributed by atoms with Crippen LogP contribution in [0.25, 0.3) is 0 Å². The van der Waals surface area contributed by atoms with Crippen LogP contribution in [-0.4, -0.2) is 50.5 Å². The minimum absolute atomic E-state index is 0.0870. The SMILES string of the molecule is CCCCNC(=O)[C@@H](CC)N(Cc1ccccc1Cl)C(=O)CN(c1ccc(C)cc1)S(C)(=O)=O. The highest BCUT2D eigenvalue weighted by Crippen LogP contribution is 2.22. The first-order chi connectivity index (χ1) is 16.1. The number of halogens is 1. The molecule has 186 valence electrons. The molecule has 1 atom stereocenters. The van der Waals surface area contributed by atoms with Gasteiger partial charge in [0.15, 0.2) is 0 Å². The molecule has 2 aromatic carbocycles. The number of unbranched alkanes of at least 4 members (excludes halogenated alkanes) is 1. The molecule has 1 N–H and O–H groups in total. The fraction of sp³-hybridized carbons (Fsp3) is 0.440. The van der Waals surface area contributed by atoms with Crippen LogP contribution in [0.3, 0.4) is 0 Å². The Balaban J connectivity index is 2.40. The fourth-order valence-corrected chi connectivity index (χ4v) is 4.61. The number of hydrogen-bond acceptors (Lipinski definition) is 4. The number of anilines is 1. The minimum atomic E-state index is -3.75. The van der Waals surface area contributed by atoms with Gasteiger partial charge >= 0.3 is 0 Å². The van der Waals surface area contributed by atoms with Gasteiger partial charge in [-0.05, 0) is 43.5 Å². The van der Waals surface area contributed by atoms with Crippen molar-refractivity contribution in [1.29, 1.82) is 0 Å². The van der Waals surface area contributed by atoms with Crippen LogP contribution in [0.1, 0.15) is 44.2 Å². The smallest absolute Gasteiger partial charge is 0.244 e. The predicted molar refractivity (Wildman–Crippen MR) is 137 cm³/mol. The number of hydrogen-bond donors (Lipinski definition) is 1. The Labute approximate surface area is 208 Å². The van der Waals surface area contributed by atoms with Crippen LogP contribution in [0.5, 0.6) is 0 Å². The van der Waals surface area contributed by atoms with E-state index in [2.05, 4.69) is 5.32 Å². The van der Waals surface area contributed by atoms with Crippen LogP contribution >= 0.6 is 11.6 Å². The third-order valence-electron chi connectivity index (χ3n) is 5.52. The maximum Gasteiger partial charge on any atom is 0.244 e. The number of sulfonamides is 1. The number of carbonyl (C=O) groups is 2. The summed E-state index contributed by atoms with van der Waals surface area (Å²) in [5, 5.41) is 3.37. The molecule has 0 unspecified atom stereocenters. The Morgan fingerprint density at radius 3 is 2.26 bits per heavy atom. The lowest BCUT2D eigenvalue weighted by Crippen LogP contribution is -2.52. The second-order valence-corrected chi connectivity index (χ2v) is 10.6. The van der Waals surface area contributed by atoms with E-state index in [1.165, 1.54) is 4.90 Å². The van der Waals surface area contributed by atoms with Crippen LogP contribution in [-0.2, 0) is 26.2 Å². The Bertz CT molecular complexity index is 1070. The molecule has 0 heterocycles. The van der Waals surface area contributed by atoms with Crippen molar-refractivity contribution >= 4 is 39.1 Å². The number of amides is 2. The molecule has 0 saturated carbocycles. The molecule has 0 aliphatic rings. The van der Waals surface area contributed by atoms with Crippen molar-refractivity contribution in [3.63, 3.8) is 0 Å². The molecule has 2 amide bonds. The molecule has 0 radical (unpaired) electrons. The average molecular weight is 508 g/mol. The van der Waals surface area contributed by atoms with E-state index in [1.807, 2.05) is 20.8 Å². The zero-order valence-corrected chi connectivity index (χ0v) is 21.8. The van der Waals surface area contributed by atoms with E-state index in [0.717, 1.165) is 29.0 Å². The Morgan fingerprint density at radius 2 is 1.71 bits per heavy atom. The molecular weight excluding hydrogens is 474 g/mol. The molecule has 0 aliphatic carbocycles. The second kappa shape index (κ2) is 12.8. The summed E-state index contributed by atoms with van der Waals surface area (Å²) >= 11 is 6.35. The van der Waals surface area contributed by atoms with Gasteiger partial charge in [0, 0.05) is 18.1 Å². The van der Waals surface area contributed by atoms with Gasteiger partial charge in [0.25, 0.3) is 0 Å². The third-order valence-corrected chi connectivity index (χ3v) is 7.02. The van der Waals surface area contributed by atoms with Crippen molar-refractivity contribution in [1.82, 2.24) is 10.2 Å². The van der Waals surface area contributed by atoms with Crippen molar-refractivity contribution in [2.75, 3.05) is 23.7 Å². The van der Waals surface area contributed by atoms with Gasteiger partial charge in [-0.15, -0.1) is 0 Å². The fourth-order valence-electron chi connectivity index (χ4n) is 3.56. The van der Waals surface area contributed by atoms with Gasteiger partial charge < -0.3 is 10.2 Å². The van der Waals surface area contributed by atoms with Gasteiger partial charge in [-0.1, -0.05) is 67.8 Å². The highest BCUT2D eigenvalue weighted by atomic mass is 35.5. The molecule has 0 bridgehead atoms. The highest BCUT2D eigenvalue weighted by Gasteiger charge is 2.31. The van der Waals surface area contributed by atoms with Crippen LogP contribution in [0.15, 0.2) is 48.5 Å². The second-order valence-electron chi connectivity index (χ2n) is 8.29. The van der Waals surface area contributed by atoms with Crippen LogP contribution in [0.4, 0.5) is 5.69 Å². The number of carbonyl (C=O) groups excluding carboxylic acids is 2. The summed E-state index contributed by atoms with van der Waals surface area (Å²) in [6.07, 6.45) is 3.19. The summed E-state index contributed by atoms with van der Waals surface area (Å²) in [6.45, 7) is 5.93.